The fourth-order valence-corrected chi connectivity index (χ4v) is 4.29. The molecule has 1 aliphatic heterocycles. The number of carbonyl (C=O) groups is 1. The van der Waals surface area contributed by atoms with E-state index in [1.165, 1.54) is 6.07 Å². The van der Waals surface area contributed by atoms with Gasteiger partial charge in [-0.1, -0.05) is 59.8 Å². The standard InChI is InChI=1S/C27H24N2O6/c30-22-15-23(31)21(14-20(22)18-4-2-1-3-5-18)26-24(25(27(32)33)28-35-26)19-8-6-17(7-9-19)16-29-10-12-34-13-11-29/h1-9,14-15,30-31H,10-13,16H2,(H,32,33). The first-order valence-corrected chi connectivity index (χ1v) is 11.3. The number of carboxylic acid groups (broad SMARTS) is 1. The highest BCUT2D eigenvalue weighted by Gasteiger charge is 2.27. The lowest BCUT2D eigenvalue weighted by atomic mass is 9.95. The van der Waals surface area contributed by atoms with Crippen LogP contribution in [0.4, 0.5) is 0 Å². The molecule has 1 aromatic heterocycles. The number of morpholine rings is 1. The van der Waals surface area contributed by atoms with Gasteiger partial charge in [-0.2, -0.15) is 0 Å². The van der Waals surface area contributed by atoms with Crippen molar-refractivity contribution in [3.8, 4) is 45.1 Å². The summed E-state index contributed by atoms with van der Waals surface area (Å²) in [5, 5.41) is 34.6. The molecule has 0 spiro atoms. The van der Waals surface area contributed by atoms with E-state index in [-0.39, 0.29) is 34.1 Å². The van der Waals surface area contributed by atoms with Crippen LogP contribution in [0.2, 0.25) is 0 Å². The van der Waals surface area contributed by atoms with Gasteiger partial charge in [0.2, 0.25) is 0 Å². The second kappa shape index (κ2) is 9.61. The van der Waals surface area contributed by atoms with Gasteiger partial charge >= 0.3 is 5.97 Å². The van der Waals surface area contributed by atoms with Gasteiger partial charge in [-0.25, -0.2) is 4.79 Å². The van der Waals surface area contributed by atoms with E-state index in [0.717, 1.165) is 30.8 Å². The molecular weight excluding hydrogens is 448 g/mol. The third-order valence-corrected chi connectivity index (χ3v) is 6.09. The Kier molecular flexibility index (Phi) is 6.22. The van der Waals surface area contributed by atoms with Crippen LogP contribution in [-0.2, 0) is 11.3 Å². The molecule has 0 radical (unpaired) electrons. The van der Waals surface area contributed by atoms with E-state index >= 15 is 0 Å². The average molecular weight is 472 g/mol. The predicted octanol–water partition coefficient (Wildman–Crippen LogP) is 4.62. The third-order valence-electron chi connectivity index (χ3n) is 6.09. The summed E-state index contributed by atoms with van der Waals surface area (Å²) >= 11 is 0. The van der Waals surface area contributed by atoms with Crippen molar-refractivity contribution in [3.63, 3.8) is 0 Å². The highest BCUT2D eigenvalue weighted by atomic mass is 16.5. The van der Waals surface area contributed by atoms with Crippen molar-refractivity contribution in [2.45, 2.75) is 6.54 Å². The van der Waals surface area contributed by atoms with Crippen LogP contribution in [0.5, 0.6) is 11.5 Å². The van der Waals surface area contributed by atoms with Crippen molar-refractivity contribution in [2.75, 3.05) is 26.3 Å². The number of hydrogen-bond acceptors (Lipinski definition) is 7. The second-order valence-corrected chi connectivity index (χ2v) is 8.38. The fraction of sp³-hybridized carbons (Fsp3) is 0.185. The van der Waals surface area contributed by atoms with E-state index in [1.807, 2.05) is 54.6 Å². The maximum atomic E-state index is 12.0. The molecule has 0 aliphatic carbocycles. The molecule has 8 heteroatoms. The lowest BCUT2D eigenvalue weighted by molar-refractivity contribution is 0.0342. The number of benzene rings is 3. The van der Waals surface area contributed by atoms with Crippen molar-refractivity contribution < 1.29 is 29.4 Å². The molecule has 0 amide bonds. The topological polar surface area (TPSA) is 116 Å². The number of hydrogen-bond donors (Lipinski definition) is 3. The molecule has 1 aliphatic rings. The summed E-state index contributed by atoms with van der Waals surface area (Å²) in [5.41, 5.74) is 3.12. The molecule has 0 unspecified atom stereocenters. The summed E-state index contributed by atoms with van der Waals surface area (Å²) in [4.78, 5) is 14.3. The molecule has 2 heterocycles. The predicted molar refractivity (Wildman–Crippen MR) is 129 cm³/mol. The molecule has 5 rings (SSSR count). The molecule has 178 valence electrons. The Balaban J connectivity index is 1.56. The van der Waals surface area contributed by atoms with Crippen LogP contribution in [0, 0.1) is 0 Å². The molecule has 3 N–H and O–H groups in total. The number of phenolic OH excluding ortho intramolecular Hbond substituents is 2. The Bertz CT molecular complexity index is 1340. The van der Waals surface area contributed by atoms with Crippen LogP contribution < -0.4 is 0 Å². The summed E-state index contributed by atoms with van der Waals surface area (Å²) in [6.07, 6.45) is 0. The van der Waals surface area contributed by atoms with E-state index in [0.29, 0.717) is 24.3 Å². The van der Waals surface area contributed by atoms with E-state index in [2.05, 4.69) is 10.1 Å². The Morgan fingerprint density at radius 2 is 1.57 bits per heavy atom. The van der Waals surface area contributed by atoms with E-state index in [1.54, 1.807) is 6.07 Å². The van der Waals surface area contributed by atoms with Crippen molar-refractivity contribution in [1.29, 1.82) is 0 Å². The monoisotopic (exact) mass is 472 g/mol. The summed E-state index contributed by atoms with van der Waals surface area (Å²) in [5.74, 6) is -1.49. The van der Waals surface area contributed by atoms with Gasteiger partial charge in [0.25, 0.3) is 0 Å². The molecule has 8 nitrogen and oxygen atoms in total. The van der Waals surface area contributed by atoms with Gasteiger partial charge in [0.15, 0.2) is 11.5 Å². The van der Waals surface area contributed by atoms with E-state index in [9.17, 15) is 20.1 Å². The van der Waals surface area contributed by atoms with Gasteiger partial charge in [-0.15, -0.1) is 0 Å². The molecule has 0 atom stereocenters. The van der Waals surface area contributed by atoms with E-state index < -0.39 is 5.97 Å². The van der Waals surface area contributed by atoms with Crippen LogP contribution in [-0.4, -0.2) is 57.6 Å². The van der Waals surface area contributed by atoms with Crippen LogP contribution in [0.15, 0.2) is 71.3 Å². The molecule has 3 aromatic carbocycles. The lowest BCUT2D eigenvalue weighted by Crippen LogP contribution is -2.35. The maximum Gasteiger partial charge on any atom is 0.358 e. The smallest absolute Gasteiger partial charge is 0.358 e. The van der Waals surface area contributed by atoms with Gasteiger partial charge in [0.1, 0.15) is 11.5 Å². The molecular formula is C27H24N2O6. The zero-order valence-electron chi connectivity index (χ0n) is 18.8. The quantitative estimate of drug-likeness (QED) is 0.372. The average Bonchev–Trinajstić information content (AvgIpc) is 3.31. The SMILES string of the molecule is O=C(O)c1noc(-c2cc(-c3ccccc3)c(O)cc2O)c1-c1ccc(CN2CCOCC2)cc1. The molecule has 0 saturated carbocycles. The Labute approximate surface area is 201 Å². The summed E-state index contributed by atoms with van der Waals surface area (Å²) < 4.78 is 10.9. The normalized spacial score (nSPS) is 14.2. The number of rotatable bonds is 6. The van der Waals surface area contributed by atoms with E-state index in [4.69, 9.17) is 9.26 Å². The fourth-order valence-electron chi connectivity index (χ4n) is 4.29. The summed E-state index contributed by atoms with van der Waals surface area (Å²) in [7, 11) is 0. The summed E-state index contributed by atoms with van der Waals surface area (Å²) in [6.45, 7) is 3.93. The van der Waals surface area contributed by atoms with Crippen molar-refractivity contribution in [2.24, 2.45) is 0 Å². The largest absolute Gasteiger partial charge is 0.507 e. The van der Waals surface area contributed by atoms with Gasteiger partial charge in [-0.3, -0.25) is 4.90 Å². The first-order chi connectivity index (χ1) is 17.0. The number of aromatic carboxylic acids is 1. The first kappa shape index (κ1) is 22.6. The van der Waals surface area contributed by atoms with Gasteiger partial charge in [0, 0.05) is 31.3 Å². The van der Waals surface area contributed by atoms with Crippen molar-refractivity contribution in [3.05, 3.63) is 78.0 Å². The molecule has 35 heavy (non-hydrogen) atoms. The number of aromatic nitrogens is 1. The Morgan fingerprint density at radius 3 is 2.26 bits per heavy atom. The van der Waals surface area contributed by atoms with Gasteiger partial charge in [0.05, 0.1) is 24.3 Å². The van der Waals surface area contributed by atoms with Crippen molar-refractivity contribution in [1.82, 2.24) is 10.1 Å². The highest BCUT2D eigenvalue weighted by molar-refractivity contribution is 5.99. The molecule has 1 fully saturated rings. The minimum absolute atomic E-state index is 0.107. The van der Waals surface area contributed by atoms with Crippen LogP contribution in [0.25, 0.3) is 33.6 Å². The molecule has 1 saturated heterocycles. The van der Waals surface area contributed by atoms with Gasteiger partial charge < -0.3 is 24.6 Å². The number of carboxylic acids is 1. The second-order valence-electron chi connectivity index (χ2n) is 8.38. The number of phenols is 2. The summed E-state index contributed by atoms with van der Waals surface area (Å²) in [6, 6.07) is 19.5. The zero-order valence-corrected chi connectivity index (χ0v) is 18.8. The number of nitrogens with zero attached hydrogens (tertiary/aromatic N) is 2. The minimum atomic E-state index is -1.24. The minimum Gasteiger partial charge on any atom is -0.507 e. The first-order valence-electron chi connectivity index (χ1n) is 11.3. The van der Waals surface area contributed by atoms with Crippen LogP contribution >= 0.6 is 0 Å². The maximum absolute atomic E-state index is 12.0. The number of aromatic hydroxyl groups is 2. The van der Waals surface area contributed by atoms with Crippen LogP contribution in [0.1, 0.15) is 16.1 Å². The molecule has 0 bridgehead atoms. The number of ether oxygens (including phenoxy) is 1. The highest BCUT2D eigenvalue weighted by Crippen LogP contribution is 2.44. The lowest BCUT2D eigenvalue weighted by Gasteiger charge is -2.26. The van der Waals surface area contributed by atoms with Crippen LogP contribution in [0.3, 0.4) is 0 Å². The Hall–Kier alpha value is -4.14. The zero-order chi connectivity index (χ0) is 24.4. The molecule has 4 aromatic rings. The van der Waals surface area contributed by atoms with Crippen molar-refractivity contribution >= 4 is 5.97 Å². The Morgan fingerprint density at radius 1 is 0.886 bits per heavy atom. The third kappa shape index (κ3) is 4.62. The van der Waals surface area contributed by atoms with Gasteiger partial charge in [-0.05, 0) is 22.8 Å².